The van der Waals surface area contributed by atoms with Gasteiger partial charge in [0.1, 0.15) is 37.1 Å². The van der Waals surface area contributed by atoms with Crippen molar-refractivity contribution in [1.82, 2.24) is 0 Å². The van der Waals surface area contributed by atoms with Gasteiger partial charge in [-0.05, 0) is 16.7 Å². The van der Waals surface area contributed by atoms with Crippen molar-refractivity contribution in [3.05, 3.63) is 125 Å². The number of ether oxygens (including phenoxy) is 6. The first-order valence-electron chi connectivity index (χ1n) is 13.6. The number of esters is 3. The Bertz CT molecular complexity index is 1440. The SMILES string of the molecule is O=Cc1c(OCC(=O)OCc2ccccc2)cc(OCC(=O)OCc2ccccc2)cc1OCC(=O)OCc1ccccc1. The van der Waals surface area contributed by atoms with E-state index in [2.05, 4.69) is 0 Å². The van der Waals surface area contributed by atoms with Crippen LogP contribution in [0.3, 0.4) is 0 Å². The molecule has 0 amide bonds. The third-order valence-electron chi connectivity index (χ3n) is 5.97. The van der Waals surface area contributed by atoms with Crippen molar-refractivity contribution in [3.63, 3.8) is 0 Å². The molecule has 0 spiro atoms. The van der Waals surface area contributed by atoms with E-state index in [0.717, 1.165) is 16.7 Å². The highest BCUT2D eigenvalue weighted by Crippen LogP contribution is 2.33. The monoisotopic (exact) mass is 598 g/mol. The van der Waals surface area contributed by atoms with Crippen LogP contribution in [0.5, 0.6) is 17.2 Å². The number of hydrogen-bond acceptors (Lipinski definition) is 10. The Morgan fingerprint density at radius 1 is 0.500 bits per heavy atom. The van der Waals surface area contributed by atoms with Gasteiger partial charge in [0, 0.05) is 12.1 Å². The lowest BCUT2D eigenvalue weighted by Crippen LogP contribution is -2.18. The summed E-state index contributed by atoms with van der Waals surface area (Å²) in [7, 11) is 0. The maximum Gasteiger partial charge on any atom is 0.344 e. The van der Waals surface area contributed by atoms with Crippen LogP contribution in [-0.2, 0) is 48.4 Å². The molecule has 0 unspecified atom stereocenters. The van der Waals surface area contributed by atoms with Crippen molar-refractivity contribution in [2.45, 2.75) is 19.8 Å². The van der Waals surface area contributed by atoms with Crippen molar-refractivity contribution in [2.24, 2.45) is 0 Å². The largest absolute Gasteiger partial charge is 0.482 e. The van der Waals surface area contributed by atoms with Gasteiger partial charge in [0.2, 0.25) is 0 Å². The van der Waals surface area contributed by atoms with Gasteiger partial charge < -0.3 is 28.4 Å². The minimum absolute atomic E-state index is 0.0390. The summed E-state index contributed by atoms with van der Waals surface area (Å²) in [6.07, 6.45) is 0.452. The average molecular weight is 599 g/mol. The summed E-state index contributed by atoms with van der Waals surface area (Å²) >= 11 is 0. The predicted molar refractivity (Wildman–Crippen MR) is 157 cm³/mol. The second-order valence-corrected chi connectivity index (χ2v) is 9.26. The molecule has 226 valence electrons. The summed E-state index contributed by atoms with van der Waals surface area (Å²) < 4.78 is 32.4. The number of rotatable bonds is 16. The molecule has 0 bridgehead atoms. The summed E-state index contributed by atoms with van der Waals surface area (Å²) in [6, 6.07) is 29.9. The minimum Gasteiger partial charge on any atom is -0.482 e. The van der Waals surface area contributed by atoms with E-state index in [4.69, 9.17) is 28.4 Å². The highest BCUT2D eigenvalue weighted by atomic mass is 16.6. The van der Waals surface area contributed by atoms with Crippen LogP contribution >= 0.6 is 0 Å². The molecule has 0 saturated heterocycles. The second-order valence-electron chi connectivity index (χ2n) is 9.26. The van der Waals surface area contributed by atoms with E-state index in [1.165, 1.54) is 12.1 Å². The average Bonchev–Trinajstić information content (AvgIpc) is 3.07. The minimum atomic E-state index is -0.687. The van der Waals surface area contributed by atoms with Gasteiger partial charge in [-0.15, -0.1) is 0 Å². The maximum atomic E-state index is 12.3. The zero-order valence-corrected chi connectivity index (χ0v) is 23.7. The van der Waals surface area contributed by atoms with Gasteiger partial charge in [0.25, 0.3) is 0 Å². The third kappa shape index (κ3) is 10.3. The second kappa shape index (κ2) is 16.7. The molecule has 44 heavy (non-hydrogen) atoms. The highest BCUT2D eigenvalue weighted by molar-refractivity contribution is 5.85. The summed E-state index contributed by atoms with van der Waals surface area (Å²) in [5.74, 6) is -2.12. The molecular formula is C34H30O10. The predicted octanol–water partition coefficient (Wildman–Crippen LogP) is 4.87. The van der Waals surface area contributed by atoms with E-state index in [9.17, 15) is 19.2 Å². The van der Waals surface area contributed by atoms with Gasteiger partial charge in [-0.1, -0.05) is 91.0 Å². The van der Waals surface area contributed by atoms with E-state index in [-0.39, 0.29) is 42.6 Å². The van der Waals surface area contributed by atoms with Crippen LogP contribution in [0.1, 0.15) is 27.0 Å². The maximum absolute atomic E-state index is 12.3. The van der Waals surface area contributed by atoms with Crippen molar-refractivity contribution in [1.29, 1.82) is 0 Å². The van der Waals surface area contributed by atoms with Crippen molar-refractivity contribution in [2.75, 3.05) is 19.8 Å². The van der Waals surface area contributed by atoms with Gasteiger partial charge >= 0.3 is 17.9 Å². The topological polar surface area (TPSA) is 124 Å². The number of benzene rings is 4. The quantitative estimate of drug-likeness (QED) is 0.100. The molecular weight excluding hydrogens is 568 g/mol. The fourth-order valence-electron chi connectivity index (χ4n) is 3.77. The standard InChI is InChI=1S/C34H30O10/c35-18-29-30(40-23-33(37)43-20-26-12-6-2-7-13-26)16-28(39-22-32(36)42-19-25-10-4-1-5-11-25)17-31(29)41-24-34(38)44-21-27-14-8-3-9-15-27/h1-18H,19-24H2. The molecule has 0 atom stereocenters. The molecule has 10 heteroatoms. The summed E-state index contributed by atoms with van der Waals surface area (Å²) in [5.41, 5.74) is 2.30. The van der Waals surface area contributed by atoms with Crippen molar-refractivity contribution < 1.29 is 47.6 Å². The molecule has 10 nitrogen and oxygen atoms in total. The van der Waals surface area contributed by atoms with E-state index in [1.54, 1.807) is 24.3 Å². The number of aldehydes is 1. The van der Waals surface area contributed by atoms with E-state index >= 15 is 0 Å². The first-order valence-corrected chi connectivity index (χ1v) is 13.6. The normalized spacial score (nSPS) is 10.3. The van der Waals surface area contributed by atoms with Gasteiger partial charge in [0.15, 0.2) is 26.1 Å². The molecule has 0 fully saturated rings. The molecule has 4 aromatic rings. The first kappa shape index (κ1) is 31.3. The summed E-state index contributed by atoms with van der Waals surface area (Å²) in [5, 5.41) is 0. The van der Waals surface area contributed by atoms with Crippen LogP contribution in [0.15, 0.2) is 103 Å². The lowest BCUT2D eigenvalue weighted by atomic mass is 10.2. The molecule has 0 aliphatic heterocycles. The van der Waals surface area contributed by atoms with E-state index < -0.39 is 37.7 Å². The molecule has 4 aromatic carbocycles. The summed E-state index contributed by atoms with van der Waals surface area (Å²) in [4.78, 5) is 49.0. The zero-order chi connectivity index (χ0) is 31.0. The zero-order valence-electron chi connectivity index (χ0n) is 23.7. The van der Waals surface area contributed by atoms with Gasteiger partial charge in [-0.25, -0.2) is 14.4 Å². The van der Waals surface area contributed by atoms with Crippen LogP contribution in [0, 0.1) is 0 Å². The Labute approximate surface area is 254 Å². The summed E-state index contributed by atoms with van der Waals surface area (Å²) in [6.45, 7) is -1.39. The Morgan fingerprint density at radius 2 is 0.841 bits per heavy atom. The number of carbonyl (C=O) groups excluding carboxylic acids is 4. The smallest absolute Gasteiger partial charge is 0.344 e. The third-order valence-corrected chi connectivity index (χ3v) is 5.97. The lowest BCUT2D eigenvalue weighted by molar-refractivity contribution is -0.148. The fourth-order valence-corrected chi connectivity index (χ4v) is 3.77. The lowest BCUT2D eigenvalue weighted by Gasteiger charge is -2.15. The number of carbonyl (C=O) groups is 4. The van der Waals surface area contributed by atoms with Gasteiger partial charge in [-0.2, -0.15) is 0 Å². The van der Waals surface area contributed by atoms with E-state index in [0.29, 0.717) is 6.29 Å². The number of hydrogen-bond donors (Lipinski definition) is 0. The Hall–Kier alpha value is -5.64. The highest BCUT2D eigenvalue weighted by Gasteiger charge is 2.18. The Kier molecular flexibility index (Phi) is 11.9. The van der Waals surface area contributed by atoms with Crippen LogP contribution in [0.4, 0.5) is 0 Å². The first-order chi connectivity index (χ1) is 21.5. The molecule has 0 N–H and O–H groups in total. The van der Waals surface area contributed by atoms with Crippen LogP contribution in [0.2, 0.25) is 0 Å². The van der Waals surface area contributed by atoms with E-state index in [1.807, 2.05) is 66.7 Å². The van der Waals surface area contributed by atoms with Gasteiger partial charge in [-0.3, -0.25) is 4.79 Å². The van der Waals surface area contributed by atoms with Gasteiger partial charge in [0.05, 0.1) is 5.56 Å². The van der Waals surface area contributed by atoms with Crippen LogP contribution in [-0.4, -0.2) is 44.0 Å². The van der Waals surface area contributed by atoms with Crippen LogP contribution < -0.4 is 14.2 Å². The molecule has 0 heterocycles. The van der Waals surface area contributed by atoms with Crippen molar-refractivity contribution in [3.8, 4) is 17.2 Å². The molecule has 0 aromatic heterocycles. The Balaban J connectivity index is 1.41. The molecule has 0 saturated carbocycles. The van der Waals surface area contributed by atoms with Crippen LogP contribution in [0.25, 0.3) is 0 Å². The molecule has 4 rings (SSSR count). The Morgan fingerprint density at radius 3 is 1.18 bits per heavy atom. The fraction of sp³-hybridized carbons (Fsp3) is 0.176. The van der Waals surface area contributed by atoms with Crippen molar-refractivity contribution >= 4 is 24.2 Å². The molecule has 0 radical (unpaired) electrons. The molecule has 0 aliphatic rings. The molecule has 0 aliphatic carbocycles.